The molecule has 3 aliphatic rings. The van der Waals surface area contributed by atoms with Crippen molar-refractivity contribution in [2.75, 3.05) is 29.9 Å². The molecule has 0 bridgehead atoms. The van der Waals surface area contributed by atoms with E-state index in [4.69, 9.17) is 9.29 Å². The normalized spacial score (nSPS) is 18.9. The summed E-state index contributed by atoms with van der Waals surface area (Å²) >= 11 is 0. The number of hydrogen-bond acceptors (Lipinski definition) is 19. The quantitative estimate of drug-likeness (QED) is 0.0608. The smallest absolute Gasteiger partial charge is 0.495 e. The molecule has 2 aromatic rings. The van der Waals surface area contributed by atoms with Crippen molar-refractivity contribution in [1.29, 1.82) is 0 Å². The number of carbonyl (C=O) groups is 4. The Morgan fingerprint density at radius 1 is 0.897 bits per heavy atom. The van der Waals surface area contributed by atoms with Gasteiger partial charge in [0.05, 0.1) is 30.1 Å². The summed E-state index contributed by atoms with van der Waals surface area (Å²) in [7, 11) is -18.3. The van der Waals surface area contributed by atoms with Gasteiger partial charge in [-0.1, -0.05) is 6.07 Å². The molecule has 0 fully saturated rings. The molecule has 2 aromatic carbocycles. The summed E-state index contributed by atoms with van der Waals surface area (Å²) < 4.78 is 131. The first-order valence-electron chi connectivity index (χ1n) is 15.1. The average Bonchev–Trinajstić information content (AvgIpc) is 3.45. The molecule has 1 amide bonds. The zero-order valence-electron chi connectivity index (χ0n) is 32.5. The molecule has 0 saturated carbocycles. The van der Waals surface area contributed by atoms with Gasteiger partial charge >= 0.3 is 22.1 Å². The summed E-state index contributed by atoms with van der Waals surface area (Å²) in [5, 5.41) is 21.3. The predicted molar refractivity (Wildman–Crippen MR) is 198 cm³/mol. The van der Waals surface area contributed by atoms with Gasteiger partial charge in [-0.15, -0.1) is 10.2 Å². The maximum Gasteiger partial charge on any atom is 1.00 e. The second-order valence-corrected chi connectivity index (χ2v) is 17.3. The van der Waals surface area contributed by atoms with Crippen molar-refractivity contribution >= 4 is 98.5 Å². The fraction of sp³-hybridized carbons (Fsp3) is 0.138. The monoisotopic (exact) mass is 939 g/mol. The van der Waals surface area contributed by atoms with Gasteiger partial charge in [-0.2, -0.15) is 35.4 Å². The molecule has 6 N–H and O–H groups in total. The Kier molecular flexibility index (Phi) is 13.2. The van der Waals surface area contributed by atoms with Crippen LogP contribution in [0.3, 0.4) is 0 Å². The summed E-state index contributed by atoms with van der Waals surface area (Å²) in [6.45, 7) is -1.03. The van der Waals surface area contributed by atoms with Crippen LogP contribution >= 0.6 is 0 Å². The summed E-state index contributed by atoms with van der Waals surface area (Å²) in [6, 6.07) is 5.94. The number of carbonyl (C=O) groups excluding carboxylic acids is 3. The third-order valence-corrected chi connectivity index (χ3v) is 11.5. The number of ether oxygens (including phenoxy) is 1. The van der Waals surface area contributed by atoms with Crippen molar-refractivity contribution in [1.82, 2.24) is 5.43 Å². The van der Waals surface area contributed by atoms with E-state index in [0.717, 1.165) is 49.6 Å². The summed E-state index contributed by atoms with van der Waals surface area (Å²) in [5.41, 5.74) is 2.08. The molecule has 1 radical (unpaired) electrons. The molecule has 24 nitrogen and oxygen atoms in total. The van der Waals surface area contributed by atoms with E-state index in [2.05, 4.69) is 30.3 Å². The molecule has 0 saturated heterocycles. The number of sulfone groups is 1. The van der Waals surface area contributed by atoms with Gasteiger partial charge in [-0.25, -0.2) is 22.8 Å². The van der Waals surface area contributed by atoms with Crippen LogP contribution in [-0.4, -0.2) is 119 Å². The van der Waals surface area contributed by atoms with Crippen molar-refractivity contribution in [2.45, 2.75) is 10.9 Å². The number of amides is 1. The van der Waals surface area contributed by atoms with Crippen LogP contribution in [0.5, 0.6) is 0 Å². The van der Waals surface area contributed by atoms with Gasteiger partial charge < -0.3 is 15.3 Å². The number of aliphatic carboxylic acids is 1. The molecule has 29 heteroatoms. The number of anilines is 2. The van der Waals surface area contributed by atoms with Gasteiger partial charge in [0.2, 0.25) is 11.6 Å². The Balaban J connectivity index is 0.00000744. The first kappa shape index (κ1) is 45.4. The van der Waals surface area contributed by atoms with Crippen molar-refractivity contribution in [3.8, 4) is 0 Å². The van der Waals surface area contributed by atoms with Crippen LogP contribution in [-0.2, 0) is 80.8 Å². The van der Waals surface area contributed by atoms with Gasteiger partial charge in [0.15, 0.2) is 27.3 Å². The number of ketones is 2. The number of hydrogen-bond donors (Lipinski definition) is 6. The maximum atomic E-state index is 13.6. The number of carboxylic acids is 1. The molecule has 1 unspecified atom stereocenters. The number of carboxylic acid groups (broad SMARTS) is 1. The number of nitrogens with one attached hydrogen (secondary N) is 2. The van der Waals surface area contributed by atoms with Crippen molar-refractivity contribution in [3.63, 3.8) is 0 Å². The number of benzene rings is 2. The molecular formula is C29H28CuN6O18S4+4. The Hall–Kier alpha value is -5.33. The van der Waals surface area contributed by atoms with Crippen LogP contribution in [0.15, 0.2) is 90.4 Å². The zero-order valence-corrected chi connectivity index (χ0v) is 32.7. The van der Waals surface area contributed by atoms with E-state index in [1.165, 1.54) is 12.1 Å². The maximum absolute atomic E-state index is 13.6. The Morgan fingerprint density at radius 3 is 2.12 bits per heavy atom. The van der Waals surface area contributed by atoms with Crippen molar-refractivity contribution in [3.05, 3.63) is 81.3 Å². The van der Waals surface area contributed by atoms with E-state index in [-0.39, 0.29) is 45.3 Å². The fourth-order valence-electron chi connectivity index (χ4n) is 5.02. The number of hydrazine groups is 1. The van der Waals surface area contributed by atoms with E-state index in [1.54, 1.807) is 0 Å². The third-order valence-electron chi connectivity index (χ3n) is 7.63. The minimum atomic E-state index is -5.20. The van der Waals surface area contributed by atoms with Gasteiger partial charge in [0.1, 0.15) is 21.3 Å². The van der Waals surface area contributed by atoms with Crippen LogP contribution in [0.25, 0.3) is 6.08 Å². The summed E-state index contributed by atoms with van der Waals surface area (Å²) in [4.78, 5) is 49.3. The topological polar surface area (TPSA) is 369 Å². The number of nitrogens with zero attached hydrogens (tertiary/aromatic N) is 4. The molecule has 0 aromatic heterocycles. The van der Waals surface area contributed by atoms with Gasteiger partial charge in [0.25, 0.3) is 26.1 Å². The van der Waals surface area contributed by atoms with Crippen molar-refractivity contribution in [2.24, 2.45) is 15.3 Å². The van der Waals surface area contributed by atoms with E-state index in [0.29, 0.717) is 11.1 Å². The molecule has 1 aliphatic heterocycles. The van der Waals surface area contributed by atoms with Gasteiger partial charge in [-0.3, -0.25) is 28.0 Å². The number of Topliss-reactive ketones (excluding diaryl/α,β-unsaturated/α-hetero) is 1. The second kappa shape index (κ2) is 16.9. The summed E-state index contributed by atoms with van der Waals surface area (Å²) in [6.07, 6.45) is 2.10. The molecule has 1 atom stereocenters. The van der Waals surface area contributed by atoms with Gasteiger partial charge in [-0.05, 0) is 48.0 Å². The molecule has 2 aliphatic carbocycles. The van der Waals surface area contributed by atoms with E-state index < -0.39 is 120 Å². The molecule has 58 heavy (non-hydrogen) atoms. The SMILES string of the molecule is COC1=CC(=N/N=C2\C(=O)c3cc(NNC4C(=O)N(c5ccc(S(=O)(=O)O)cc5)N=C4C(=O)O)ccc3C=C2S(=O)(=O)O)C(=O)C=C1S(=O)(=O)CCOS(=O)(=O)O.[Cu].[H+].[H+].[H+].[H+]. The predicted octanol–water partition coefficient (Wildman–Crippen LogP) is -0.394. The second-order valence-electron chi connectivity index (χ2n) is 11.3. The Morgan fingerprint density at radius 2 is 1.55 bits per heavy atom. The van der Waals surface area contributed by atoms with Crippen LogP contribution < -0.4 is 15.9 Å². The largest absolute Gasteiger partial charge is 1.00 e. The van der Waals surface area contributed by atoms with Crippen molar-refractivity contribution < 1.29 is 103 Å². The van der Waals surface area contributed by atoms with Crippen LogP contribution in [0.4, 0.5) is 11.4 Å². The number of fused-ring (bicyclic) bond motifs is 1. The molecule has 5 rings (SSSR count). The minimum Gasteiger partial charge on any atom is -0.495 e. The van der Waals surface area contributed by atoms with Crippen LogP contribution in [0.1, 0.15) is 21.6 Å². The molecular weight excluding hydrogens is 912 g/mol. The number of hydrazone groups is 1. The first-order valence-corrected chi connectivity index (χ1v) is 21.0. The number of allylic oxidation sites excluding steroid dienone is 3. The van der Waals surface area contributed by atoms with Gasteiger partial charge in [0, 0.05) is 40.5 Å². The average molecular weight is 940 g/mol. The zero-order chi connectivity index (χ0) is 42.2. The third kappa shape index (κ3) is 10.0. The fourth-order valence-corrected chi connectivity index (χ4v) is 7.81. The molecule has 1 heterocycles. The Bertz CT molecular complexity index is 2800. The van der Waals surface area contributed by atoms with Crippen LogP contribution in [0, 0.1) is 0 Å². The van der Waals surface area contributed by atoms with E-state index in [9.17, 15) is 67.1 Å². The molecule has 313 valence electrons. The van der Waals surface area contributed by atoms with Crippen LogP contribution in [0.2, 0.25) is 0 Å². The molecule has 0 spiro atoms. The van der Waals surface area contributed by atoms with E-state index >= 15 is 0 Å². The van der Waals surface area contributed by atoms with E-state index in [1.807, 2.05) is 0 Å². The first-order chi connectivity index (χ1) is 26.4. The Labute approximate surface area is 343 Å². The number of methoxy groups -OCH3 is 1. The minimum absolute atomic E-state index is 0. The number of rotatable bonds is 14. The summed E-state index contributed by atoms with van der Waals surface area (Å²) in [5.74, 6) is -6.50. The standard InChI is InChI=1S/C29H24N6O18S4.Cu/c1-52-21-12-19(20(36)13-22(21)54(41,42)9-8-53-57(49,50)51)31-32-24-23(56(46,47)48)10-14-2-3-15(11-18(14)27(24)37)30-33-25-26(29(39)40)34-35(28(25)38)16-4-6-17(7-5-16)55(43,44)45;/h2-7,10-13,25,30,33H,8-9H2,1H3,(H,39,40)(H,43,44,45)(H,46,47,48)(H,49,50,51);/p+4/b31-19?,32-24-;.